The van der Waals surface area contributed by atoms with Gasteiger partial charge in [-0.15, -0.1) is 5.92 Å². The molecule has 0 fully saturated rings. The number of anilines is 1. The Balaban J connectivity index is 2.55. The molecular weight excluding hydrogens is 392 g/mol. The molecule has 0 bridgehead atoms. The minimum absolute atomic E-state index is 0.102. The van der Waals surface area contributed by atoms with E-state index in [4.69, 9.17) is 37.0 Å². The average Bonchev–Trinajstić information content (AvgIpc) is 2.98. The predicted octanol–water partition coefficient (Wildman–Crippen LogP) is -0.123. The number of aliphatic hydroxyl groups is 3. The van der Waals surface area contributed by atoms with Gasteiger partial charge in [-0.1, -0.05) is 17.5 Å². The van der Waals surface area contributed by atoms with Crippen LogP contribution in [0.1, 0.15) is 27.0 Å². The highest BCUT2D eigenvalue weighted by atomic mass is 35.5. The lowest BCUT2D eigenvalue weighted by molar-refractivity contribution is -0.262. The van der Waals surface area contributed by atoms with Crippen molar-refractivity contribution in [3.8, 4) is 11.8 Å². The number of nitrogens with zero attached hydrogens (tertiary/aromatic N) is 2. The van der Waals surface area contributed by atoms with Crippen LogP contribution in [0.3, 0.4) is 0 Å². The van der Waals surface area contributed by atoms with Gasteiger partial charge in [0.15, 0.2) is 16.7 Å². The van der Waals surface area contributed by atoms with Crippen LogP contribution >= 0.6 is 11.6 Å². The third-order valence-corrected chi connectivity index (χ3v) is 4.58. The Morgan fingerprint density at radius 3 is 2.68 bits per heavy atom. The molecule has 2 aromatic rings. The van der Waals surface area contributed by atoms with E-state index in [2.05, 4.69) is 21.8 Å². The number of fused-ring (bicyclic) bond motifs is 1. The summed E-state index contributed by atoms with van der Waals surface area (Å²) in [6.45, 7) is 2.45. The first-order valence-corrected chi connectivity index (χ1v) is 8.78. The van der Waals surface area contributed by atoms with Crippen LogP contribution in [-0.2, 0) is 9.47 Å². The zero-order chi connectivity index (χ0) is 21.1. The van der Waals surface area contributed by atoms with Crippen molar-refractivity contribution in [2.24, 2.45) is 0 Å². The maximum Gasteiger partial charge on any atom is 0.266 e. The summed E-state index contributed by atoms with van der Waals surface area (Å²) in [6.07, 6.45) is -1.48. The molecule has 0 saturated heterocycles. The Bertz CT molecular complexity index is 931. The number of aliphatic hydroxyl groups excluding tert-OH is 2. The van der Waals surface area contributed by atoms with Crippen LogP contribution in [0.15, 0.2) is 17.1 Å². The normalized spacial score (nSPS) is 17.0. The monoisotopic (exact) mass is 414 g/mol. The topological polar surface area (TPSA) is 156 Å². The van der Waals surface area contributed by atoms with Gasteiger partial charge < -0.3 is 35.1 Å². The molecule has 0 aromatic carbocycles. The van der Waals surface area contributed by atoms with Crippen LogP contribution in [-0.4, -0.2) is 60.0 Å². The first-order chi connectivity index (χ1) is 13.1. The van der Waals surface area contributed by atoms with E-state index < -0.39 is 35.3 Å². The number of nitrogens with one attached hydrogen (secondary N) is 1. The number of rotatable bonds is 8. The summed E-state index contributed by atoms with van der Waals surface area (Å²) in [7, 11) is 0. The minimum Gasteiger partial charge on any atom is -0.390 e. The summed E-state index contributed by atoms with van der Waals surface area (Å²) in [5.74, 6) is 5.30. The second-order valence-electron chi connectivity index (χ2n) is 6.19. The van der Waals surface area contributed by atoms with Crippen molar-refractivity contribution in [2.45, 2.75) is 50.6 Å². The Labute approximate surface area is 165 Å². The van der Waals surface area contributed by atoms with Gasteiger partial charge >= 0.3 is 0 Å². The molecule has 0 spiro atoms. The van der Waals surface area contributed by atoms with Crippen molar-refractivity contribution >= 4 is 28.6 Å². The van der Waals surface area contributed by atoms with Gasteiger partial charge in [-0.05, 0) is 26.8 Å². The number of aromatic amines is 1. The van der Waals surface area contributed by atoms with E-state index in [0.29, 0.717) is 0 Å². The van der Waals surface area contributed by atoms with E-state index in [1.54, 1.807) is 13.8 Å². The van der Waals surface area contributed by atoms with Crippen molar-refractivity contribution in [1.82, 2.24) is 14.5 Å². The fourth-order valence-electron chi connectivity index (χ4n) is 2.69. The lowest BCUT2D eigenvalue weighted by atomic mass is 10.0. The molecule has 28 heavy (non-hydrogen) atoms. The van der Waals surface area contributed by atoms with Gasteiger partial charge in [-0.25, -0.2) is 0 Å². The van der Waals surface area contributed by atoms with Gasteiger partial charge in [0.1, 0.15) is 0 Å². The van der Waals surface area contributed by atoms with Gasteiger partial charge in [0.05, 0.1) is 24.2 Å². The SMILES string of the molecule is CC#CC(Cl)(C(C)O)[C@@H](OC[C@H](C)OC(O)O)n1ccc2c(=O)[nH]c(N)nc21. The van der Waals surface area contributed by atoms with E-state index in [0.717, 1.165) is 0 Å². The van der Waals surface area contributed by atoms with Crippen molar-refractivity contribution in [1.29, 1.82) is 0 Å². The highest BCUT2D eigenvalue weighted by molar-refractivity contribution is 6.26. The fourth-order valence-corrected chi connectivity index (χ4v) is 2.95. The highest BCUT2D eigenvalue weighted by Gasteiger charge is 2.43. The van der Waals surface area contributed by atoms with Crippen molar-refractivity contribution in [3.63, 3.8) is 0 Å². The molecule has 2 rings (SSSR count). The number of aromatic nitrogens is 3. The maximum atomic E-state index is 12.1. The zero-order valence-electron chi connectivity index (χ0n) is 15.6. The molecule has 6 N–H and O–H groups in total. The van der Waals surface area contributed by atoms with Gasteiger partial charge in [-0.2, -0.15) is 4.98 Å². The molecule has 2 heterocycles. The predicted molar refractivity (Wildman–Crippen MR) is 102 cm³/mol. The first kappa shape index (κ1) is 22.2. The van der Waals surface area contributed by atoms with Crippen molar-refractivity contribution in [2.75, 3.05) is 12.3 Å². The molecule has 0 aliphatic rings. The summed E-state index contributed by atoms with van der Waals surface area (Å²) in [5, 5.41) is 28.4. The Morgan fingerprint density at radius 2 is 2.11 bits per heavy atom. The second-order valence-corrected chi connectivity index (χ2v) is 6.81. The van der Waals surface area contributed by atoms with E-state index in [9.17, 15) is 9.90 Å². The van der Waals surface area contributed by atoms with Gasteiger partial charge in [0.25, 0.3) is 12.0 Å². The number of ether oxygens (including phenoxy) is 2. The molecule has 10 nitrogen and oxygen atoms in total. The Hall–Kier alpha value is -2.13. The van der Waals surface area contributed by atoms with Crippen molar-refractivity contribution in [3.05, 3.63) is 22.6 Å². The third kappa shape index (κ3) is 4.64. The smallest absolute Gasteiger partial charge is 0.266 e. The molecule has 4 atom stereocenters. The molecule has 0 aliphatic carbocycles. The summed E-state index contributed by atoms with van der Waals surface area (Å²) in [6, 6.07) is 1.51. The van der Waals surface area contributed by atoms with Gasteiger partial charge in [0.2, 0.25) is 5.95 Å². The molecule has 0 aliphatic heterocycles. The Kier molecular flexibility index (Phi) is 7.06. The fraction of sp³-hybridized carbons (Fsp3) is 0.529. The first-order valence-electron chi connectivity index (χ1n) is 8.40. The van der Waals surface area contributed by atoms with Crippen LogP contribution < -0.4 is 11.3 Å². The highest BCUT2D eigenvalue weighted by Crippen LogP contribution is 2.36. The lowest BCUT2D eigenvalue weighted by Gasteiger charge is -2.35. The van der Waals surface area contributed by atoms with Crippen LogP contribution in [0.5, 0.6) is 0 Å². The van der Waals surface area contributed by atoms with Crippen LogP contribution in [0.2, 0.25) is 0 Å². The molecule has 0 saturated carbocycles. The quantitative estimate of drug-likeness (QED) is 0.227. The number of H-pyrrole nitrogens is 1. The number of halogens is 1. The molecule has 2 unspecified atom stereocenters. The molecule has 154 valence electrons. The number of hydrogen-bond acceptors (Lipinski definition) is 8. The minimum atomic E-state index is -1.97. The maximum absolute atomic E-state index is 12.1. The van der Waals surface area contributed by atoms with Crippen LogP contribution in [0.4, 0.5) is 5.95 Å². The van der Waals surface area contributed by atoms with E-state index in [1.807, 2.05) is 0 Å². The summed E-state index contributed by atoms with van der Waals surface area (Å²) >= 11 is 6.65. The molecule has 0 radical (unpaired) electrons. The average molecular weight is 415 g/mol. The van der Waals surface area contributed by atoms with Gasteiger partial charge in [-0.3, -0.25) is 9.78 Å². The molecule has 2 aromatic heterocycles. The number of hydrogen-bond donors (Lipinski definition) is 5. The number of nitrogens with two attached hydrogens (primary N) is 1. The number of nitrogen functional groups attached to an aromatic ring is 1. The number of alkyl halides is 1. The van der Waals surface area contributed by atoms with Gasteiger partial charge in [0, 0.05) is 6.20 Å². The molecular formula is C17H23ClN4O6. The lowest BCUT2D eigenvalue weighted by Crippen LogP contribution is -2.44. The molecule has 0 amide bonds. The molecule has 11 heteroatoms. The van der Waals surface area contributed by atoms with Crippen molar-refractivity contribution < 1.29 is 24.8 Å². The summed E-state index contributed by atoms with van der Waals surface area (Å²) < 4.78 is 12.1. The third-order valence-electron chi connectivity index (χ3n) is 3.98. The van der Waals surface area contributed by atoms with Crippen LogP contribution in [0.25, 0.3) is 11.0 Å². The Morgan fingerprint density at radius 1 is 1.43 bits per heavy atom. The van der Waals surface area contributed by atoms with E-state index >= 15 is 0 Å². The largest absolute Gasteiger partial charge is 0.390 e. The summed E-state index contributed by atoms with van der Waals surface area (Å²) in [4.78, 5) is 17.0. The zero-order valence-corrected chi connectivity index (χ0v) is 16.3. The van der Waals surface area contributed by atoms with Crippen LogP contribution in [0, 0.1) is 11.8 Å². The summed E-state index contributed by atoms with van der Waals surface area (Å²) in [5.41, 5.74) is 5.39. The van der Waals surface area contributed by atoms with E-state index in [1.165, 1.54) is 23.8 Å². The standard InChI is InChI=1S/C17H23ClN4O6/c1-4-6-17(18,10(3)23)14(27-8-9(2)28-16(25)26)22-7-5-11-12(22)20-15(19)21-13(11)24/h5,7,9-10,14,16,23,25-26H,8H2,1-3H3,(H3,19,20,21,24)/t9-,10?,14+,17?/m0/s1. The van der Waals surface area contributed by atoms with E-state index in [-0.39, 0.29) is 23.6 Å². The second kappa shape index (κ2) is 8.91.